The molecule has 0 atom stereocenters. The van der Waals surface area contributed by atoms with Crippen LogP contribution in [-0.4, -0.2) is 19.6 Å². The van der Waals surface area contributed by atoms with Gasteiger partial charge in [0.2, 0.25) is 0 Å². The second-order valence-electron chi connectivity index (χ2n) is 2.44. The summed E-state index contributed by atoms with van der Waals surface area (Å²) >= 11 is 1.61. The summed E-state index contributed by atoms with van der Waals surface area (Å²) in [5.41, 5.74) is 1.92. The van der Waals surface area contributed by atoms with E-state index in [4.69, 9.17) is 0 Å². The second-order valence-corrected chi connectivity index (χ2v) is 3.25. The van der Waals surface area contributed by atoms with E-state index in [1.165, 1.54) is 5.56 Å². The predicted octanol–water partition coefficient (Wildman–Crippen LogP) is 2.29. The van der Waals surface area contributed by atoms with Crippen molar-refractivity contribution in [2.45, 2.75) is 6.92 Å². The van der Waals surface area contributed by atoms with Crippen molar-refractivity contribution in [1.29, 1.82) is 0 Å². The molecule has 13 heavy (non-hydrogen) atoms. The lowest BCUT2D eigenvalue weighted by atomic mass is 10.2. The lowest BCUT2D eigenvalue weighted by Gasteiger charge is -1.89. The topological polar surface area (TPSA) is 29.1 Å². The Morgan fingerprint density at radius 1 is 1.31 bits per heavy atom. The van der Waals surface area contributed by atoms with Crippen LogP contribution in [0.3, 0.4) is 0 Å². The maximum Gasteiger partial charge on any atom is 0.150 e. The van der Waals surface area contributed by atoms with Crippen LogP contribution in [0.15, 0.2) is 24.3 Å². The molecule has 1 rings (SSSR count). The lowest BCUT2D eigenvalue weighted by molar-refractivity contribution is 0.112. The minimum Gasteiger partial charge on any atom is -0.298 e. The molecule has 0 aromatic heterocycles. The van der Waals surface area contributed by atoms with Crippen molar-refractivity contribution in [3.63, 3.8) is 0 Å². The fraction of sp³-hybridized carbons (Fsp3) is 0.300. The van der Waals surface area contributed by atoms with Crippen molar-refractivity contribution in [2.75, 3.05) is 13.3 Å². The SMILES string of the molecule is CNSC.Cc1ccc(C=O)cc1. The molecule has 0 bridgehead atoms. The molecule has 2 nitrogen and oxygen atoms in total. The lowest BCUT2D eigenvalue weighted by Crippen LogP contribution is -1.85. The Bertz CT molecular complexity index is 231. The first kappa shape index (κ1) is 12.2. The highest BCUT2D eigenvalue weighted by atomic mass is 32.2. The number of carbonyl (C=O) groups excluding carboxylic acids is 1. The first-order valence-corrected chi connectivity index (χ1v) is 5.18. The molecule has 0 saturated heterocycles. The van der Waals surface area contributed by atoms with Gasteiger partial charge >= 0.3 is 0 Å². The van der Waals surface area contributed by atoms with E-state index >= 15 is 0 Å². The Labute approximate surface area is 83.9 Å². The van der Waals surface area contributed by atoms with Gasteiger partial charge in [-0.05, 0) is 20.2 Å². The smallest absolute Gasteiger partial charge is 0.150 e. The van der Waals surface area contributed by atoms with E-state index in [9.17, 15) is 4.79 Å². The molecule has 0 heterocycles. The molecule has 0 aliphatic carbocycles. The van der Waals surface area contributed by atoms with Gasteiger partial charge in [0.15, 0.2) is 0 Å². The van der Waals surface area contributed by atoms with E-state index in [1.54, 1.807) is 11.9 Å². The summed E-state index contributed by atoms with van der Waals surface area (Å²) in [5, 5.41) is 0. The molecule has 0 radical (unpaired) electrons. The third kappa shape index (κ3) is 6.37. The Hall–Kier alpha value is -0.800. The van der Waals surface area contributed by atoms with Gasteiger partial charge in [-0.3, -0.25) is 9.52 Å². The Balaban J connectivity index is 0.000000310. The van der Waals surface area contributed by atoms with Crippen molar-refractivity contribution in [2.24, 2.45) is 0 Å². The van der Waals surface area contributed by atoms with Crippen molar-refractivity contribution >= 4 is 18.2 Å². The fourth-order valence-corrected chi connectivity index (χ4v) is 0.645. The van der Waals surface area contributed by atoms with E-state index < -0.39 is 0 Å². The summed E-state index contributed by atoms with van der Waals surface area (Å²) in [6, 6.07) is 7.46. The third-order valence-electron chi connectivity index (χ3n) is 1.42. The van der Waals surface area contributed by atoms with Crippen molar-refractivity contribution in [3.8, 4) is 0 Å². The minimum absolute atomic E-state index is 0.737. The largest absolute Gasteiger partial charge is 0.298 e. The molecule has 0 aliphatic heterocycles. The molecule has 0 fully saturated rings. The zero-order chi connectivity index (χ0) is 10.1. The molecule has 3 heteroatoms. The van der Waals surface area contributed by atoms with Gasteiger partial charge in [0.25, 0.3) is 0 Å². The third-order valence-corrected chi connectivity index (χ3v) is 1.83. The minimum atomic E-state index is 0.737. The number of aryl methyl sites for hydroxylation is 1. The van der Waals surface area contributed by atoms with Gasteiger partial charge in [-0.2, -0.15) is 0 Å². The van der Waals surface area contributed by atoms with Crippen molar-refractivity contribution in [3.05, 3.63) is 35.4 Å². The Kier molecular flexibility index (Phi) is 7.35. The maximum absolute atomic E-state index is 10.1. The number of nitrogens with one attached hydrogen (secondary N) is 1. The van der Waals surface area contributed by atoms with E-state index in [1.807, 2.05) is 44.5 Å². The molecule has 0 amide bonds. The van der Waals surface area contributed by atoms with Gasteiger partial charge in [0.1, 0.15) is 6.29 Å². The van der Waals surface area contributed by atoms with Crippen LogP contribution in [0.2, 0.25) is 0 Å². The average molecular weight is 197 g/mol. The van der Waals surface area contributed by atoms with Crippen LogP contribution in [0.25, 0.3) is 0 Å². The molecular weight excluding hydrogens is 182 g/mol. The van der Waals surface area contributed by atoms with Crippen molar-refractivity contribution in [1.82, 2.24) is 4.72 Å². The highest BCUT2D eigenvalue weighted by Crippen LogP contribution is 1.98. The van der Waals surface area contributed by atoms with Crippen LogP contribution < -0.4 is 4.72 Å². The van der Waals surface area contributed by atoms with Gasteiger partial charge in [0, 0.05) is 5.56 Å². The van der Waals surface area contributed by atoms with Crippen LogP contribution in [0.4, 0.5) is 0 Å². The molecule has 72 valence electrons. The van der Waals surface area contributed by atoms with Crippen LogP contribution in [0.1, 0.15) is 15.9 Å². The van der Waals surface area contributed by atoms with Crippen molar-refractivity contribution < 1.29 is 4.79 Å². The van der Waals surface area contributed by atoms with E-state index in [-0.39, 0.29) is 0 Å². The number of carbonyl (C=O) groups is 1. The Morgan fingerprint density at radius 3 is 2.08 bits per heavy atom. The monoisotopic (exact) mass is 197 g/mol. The number of benzene rings is 1. The number of hydrogen-bond acceptors (Lipinski definition) is 3. The zero-order valence-electron chi connectivity index (χ0n) is 8.20. The van der Waals surface area contributed by atoms with E-state index in [0.29, 0.717) is 0 Å². The predicted molar refractivity (Wildman–Crippen MR) is 59.1 cm³/mol. The molecule has 0 unspecified atom stereocenters. The van der Waals surface area contributed by atoms with Crippen LogP contribution in [-0.2, 0) is 0 Å². The van der Waals surface area contributed by atoms with Crippen LogP contribution in [0, 0.1) is 6.92 Å². The average Bonchev–Trinajstić information content (AvgIpc) is 2.19. The first-order valence-electron chi connectivity index (χ1n) is 3.96. The van der Waals surface area contributed by atoms with Gasteiger partial charge in [-0.25, -0.2) is 0 Å². The highest BCUT2D eigenvalue weighted by Gasteiger charge is 1.85. The Morgan fingerprint density at radius 2 is 1.77 bits per heavy atom. The highest BCUT2D eigenvalue weighted by molar-refractivity contribution is 7.96. The number of aldehydes is 1. The van der Waals surface area contributed by atoms with Gasteiger partial charge < -0.3 is 0 Å². The number of rotatable bonds is 2. The summed E-state index contributed by atoms with van der Waals surface area (Å²) in [5.74, 6) is 0. The summed E-state index contributed by atoms with van der Waals surface area (Å²) in [7, 11) is 1.89. The fourth-order valence-electron chi connectivity index (χ4n) is 0.645. The van der Waals surface area contributed by atoms with E-state index in [0.717, 1.165) is 11.8 Å². The summed E-state index contributed by atoms with van der Waals surface area (Å²) in [6.45, 7) is 1.99. The molecule has 0 aliphatic rings. The molecule has 1 aromatic carbocycles. The maximum atomic E-state index is 10.1. The zero-order valence-corrected chi connectivity index (χ0v) is 9.02. The second kappa shape index (κ2) is 7.83. The van der Waals surface area contributed by atoms with Gasteiger partial charge in [0.05, 0.1) is 0 Å². The molecule has 1 N–H and O–H groups in total. The summed E-state index contributed by atoms with van der Waals surface area (Å²) in [4.78, 5) is 10.1. The molecule has 0 spiro atoms. The summed E-state index contributed by atoms with van der Waals surface area (Å²) in [6.07, 6.45) is 2.83. The normalized spacial score (nSPS) is 8.54. The first-order chi connectivity index (χ1) is 6.24. The quantitative estimate of drug-likeness (QED) is 0.582. The van der Waals surface area contributed by atoms with Gasteiger partial charge in [-0.15, -0.1) is 0 Å². The van der Waals surface area contributed by atoms with Crippen LogP contribution >= 0.6 is 11.9 Å². The molecular formula is C10H15NOS. The summed E-state index contributed by atoms with van der Waals surface area (Å²) < 4.78 is 2.85. The van der Waals surface area contributed by atoms with Gasteiger partial charge in [-0.1, -0.05) is 41.8 Å². The van der Waals surface area contributed by atoms with Crippen LogP contribution in [0.5, 0.6) is 0 Å². The standard InChI is InChI=1S/C8H8O.C2H7NS/c1-7-2-4-8(6-9)5-3-7;1-3-4-2/h2-6H,1H3;3H,1-2H3. The molecule has 1 aromatic rings. The van der Waals surface area contributed by atoms with E-state index in [2.05, 4.69) is 4.72 Å². The number of hydrogen-bond donors (Lipinski definition) is 1. The molecule has 0 saturated carbocycles.